The van der Waals surface area contributed by atoms with E-state index in [1.54, 1.807) is 0 Å². The minimum atomic E-state index is 0.756. The quantitative estimate of drug-likeness (QED) is 0.834. The summed E-state index contributed by atoms with van der Waals surface area (Å²) in [7, 11) is 4.12. The van der Waals surface area contributed by atoms with Gasteiger partial charge in [0.05, 0.1) is 23.8 Å². The van der Waals surface area contributed by atoms with E-state index in [9.17, 15) is 0 Å². The van der Waals surface area contributed by atoms with Crippen LogP contribution in [0.5, 0.6) is 0 Å². The Hall–Kier alpha value is -1.29. The SMILES string of the molecule is CNc1cncc(NCC2CCCN(C)C2)c1. The zero-order valence-corrected chi connectivity index (χ0v) is 10.7. The molecule has 17 heavy (non-hydrogen) atoms. The van der Waals surface area contributed by atoms with Gasteiger partial charge in [0.1, 0.15) is 0 Å². The molecular weight excluding hydrogens is 212 g/mol. The van der Waals surface area contributed by atoms with Crippen molar-refractivity contribution < 1.29 is 0 Å². The minimum Gasteiger partial charge on any atom is -0.387 e. The second-order valence-electron chi connectivity index (χ2n) is 4.86. The fraction of sp³-hybridized carbons (Fsp3) is 0.615. The Balaban J connectivity index is 1.84. The number of hydrogen-bond acceptors (Lipinski definition) is 4. The number of nitrogens with one attached hydrogen (secondary N) is 2. The highest BCUT2D eigenvalue weighted by Crippen LogP contribution is 2.17. The van der Waals surface area contributed by atoms with Crippen molar-refractivity contribution in [1.29, 1.82) is 0 Å². The molecule has 4 nitrogen and oxygen atoms in total. The Bertz CT molecular complexity index is 353. The molecule has 1 aliphatic rings. The van der Waals surface area contributed by atoms with Crippen LogP contribution in [0.15, 0.2) is 18.5 Å². The molecule has 1 atom stereocenters. The molecular formula is C13H22N4. The van der Waals surface area contributed by atoms with Crippen molar-refractivity contribution in [3.63, 3.8) is 0 Å². The lowest BCUT2D eigenvalue weighted by Crippen LogP contribution is -2.35. The van der Waals surface area contributed by atoms with Crippen LogP contribution in [0.4, 0.5) is 11.4 Å². The lowest BCUT2D eigenvalue weighted by Gasteiger charge is -2.29. The van der Waals surface area contributed by atoms with E-state index in [1.165, 1.54) is 25.9 Å². The number of aromatic nitrogens is 1. The summed E-state index contributed by atoms with van der Waals surface area (Å²) in [5.74, 6) is 0.756. The average Bonchev–Trinajstić information content (AvgIpc) is 2.37. The first-order chi connectivity index (χ1) is 8.28. The number of piperidine rings is 1. The topological polar surface area (TPSA) is 40.2 Å². The third-order valence-corrected chi connectivity index (χ3v) is 3.34. The summed E-state index contributed by atoms with van der Waals surface area (Å²) in [6.45, 7) is 3.48. The van der Waals surface area contributed by atoms with Gasteiger partial charge in [-0.25, -0.2) is 0 Å². The smallest absolute Gasteiger partial charge is 0.0547 e. The standard InChI is InChI=1S/C13H22N4/c1-14-12-6-13(9-15-8-12)16-7-11-4-3-5-17(2)10-11/h6,8-9,11,14,16H,3-5,7,10H2,1-2H3. The summed E-state index contributed by atoms with van der Waals surface area (Å²) >= 11 is 0. The molecule has 1 unspecified atom stereocenters. The average molecular weight is 234 g/mol. The third-order valence-electron chi connectivity index (χ3n) is 3.34. The summed E-state index contributed by atoms with van der Waals surface area (Å²) in [6.07, 6.45) is 6.36. The van der Waals surface area contributed by atoms with Gasteiger partial charge in [-0.3, -0.25) is 4.98 Å². The van der Waals surface area contributed by atoms with Gasteiger partial charge in [0, 0.05) is 20.1 Å². The van der Waals surface area contributed by atoms with E-state index < -0.39 is 0 Å². The molecule has 2 heterocycles. The van der Waals surface area contributed by atoms with Crippen LogP contribution in [0.25, 0.3) is 0 Å². The molecule has 0 aliphatic carbocycles. The third kappa shape index (κ3) is 3.60. The van der Waals surface area contributed by atoms with Gasteiger partial charge < -0.3 is 15.5 Å². The van der Waals surface area contributed by atoms with E-state index in [2.05, 4.69) is 33.6 Å². The van der Waals surface area contributed by atoms with Crippen molar-refractivity contribution in [3.05, 3.63) is 18.5 Å². The van der Waals surface area contributed by atoms with Gasteiger partial charge in [0.2, 0.25) is 0 Å². The molecule has 1 fully saturated rings. The van der Waals surface area contributed by atoms with Gasteiger partial charge in [0.25, 0.3) is 0 Å². The van der Waals surface area contributed by atoms with Crippen molar-refractivity contribution in [2.75, 3.05) is 44.4 Å². The summed E-state index contributed by atoms with van der Waals surface area (Å²) in [4.78, 5) is 6.61. The van der Waals surface area contributed by atoms with Gasteiger partial charge in [-0.2, -0.15) is 0 Å². The van der Waals surface area contributed by atoms with Crippen LogP contribution in [0.2, 0.25) is 0 Å². The van der Waals surface area contributed by atoms with Crippen molar-refractivity contribution in [2.24, 2.45) is 5.92 Å². The van der Waals surface area contributed by atoms with Crippen LogP contribution < -0.4 is 10.6 Å². The number of rotatable bonds is 4. The zero-order valence-electron chi connectivity index (χ0n) is 10.7. The second kappa shape index (κ2) is 5.87. The first-order valence-corrected chi connectivity index (χ1v) is 6.33. The van der Waals surface area contributed by atoms with Crippen LogP contribution in [0.1, 0.15) is 12.8 Å². The fourth-order valence-electron chi connectivity index (χ4n) is 2.38. The molecule has 2 rings (SSSR count). The molecule has 1 aliphatic heterocycles. The van der Waals surface area contributed by atoms with Crippen molar-refractivity contribution in [2.45, 2.75) is 12.8 Å². The highest BCUT2D eigenvalue weighted by Gasteiger charge is 2.16. The van der Waals surface area contributed by atoms with Crippen LogP contribution in [-0.4, -0.2) is 43.6 Å². The lowest BCUT2D eigenvalue weighted by molar-refractivity contribution is 0.217. The van der Waals surface area contributed by atoms with E-state index in [4.69, 9.17) is 0 Å². The predicted octanol–water partition coefficient (Wildman–Crippen LogP) is 1.88. The molecule has 1 aromatic heterocycles. The van der Waals surface area contributed by atoms with E-state index in [0.29, 0.717) is 0 Å². The number of pyridine rings is 1. The molecule has 94 valence electrons. The Morgan fingerprint density at radius 3 is 3.00 bits per heavy atom. The van der Waals surface area contributed by atoms with Crippen molar-refractivity contribution in [3.8, 4) is 0 Å². The highest BCUT2D eigenvalue weighted by molar-refractivity contribution is 5.53. The molecule has 0 saturated carbocycles. The fourth-order valence-corrected chi connectivity index (χ4v) is 2.38. The Morgan fingerprint density at radius 2 is 2.24 bits per heavy atom. The monoisotopic (exact) mass is 234 g/mol. The van der Waals surface area contributed by atoms with Gasteiger partial charge >= 0.3 is 0 Å². The first-order valence-electron chi connectivity index (χ1n) is 6.33. The molecule has 0 radical (unpaired) electrons. The number of anilines is 2. The summed E-state index contributed by atoms with van der Waals surface area (Å²) < 4.78 is 0. The summed E-state index contributed by atoms with van der Waals surface area (Å²) in [5.41, 5.74) is 2.15. The first kappa shape index (κ1) is 12.2. The Kier molecular flexibility index (Phi) is 4.20. The van der Waals surface area contributed by atoms with Crippen LogP contribution >= 0.6 is 0 Å². The van der Waals surface area contributed by atoms with Gasteiger partial charge in [0.15, 0.2) is 0 Å². The normalized spacial score (nSPS) is 21.2. The van der Waals surface area contributed by atoms with Gasteiger partial charge in [-0.15, -0.1) is 0 Å². The molecule has 1 aromatic rings. The van der Waals surface area contributed by atoms with E-state index in [-0.39, 0.29) is 0 Å². The Morgan fingerprint density at radius 1 is 1.41 bits per heavy atom. The maximum Gasteiger partial charge on any atom is 0.0547 e. The Labute approximate surface area is 103 Å². The van der Waals surface area contributed by atoms with Crippen molar-refractivity contribution in [1.82, 2.24) is 9.88 Å². The molecule has 1 saturated heterocycles. The maximum absolute atomic E-state index is 4.20. The molecule has 2 N–H and O–H groups in total. The number of hydrogen-bond donors (Lipinski definition) is 2. The molecule has 0 spiro atoms. The maximum atomic E-state index is 4.20. The molecule has 4 heteroatoms. The van der Waals surface area contributed by atoms with Crippen LogP contribution in [0.3, 0.4) is 0 Å². The minimum absolute atomic E-state index is 0.756. The van der Waals surface area contributed by atoms with E-state index in [0.717, 1.165) is 23.8 Å². The number of likely N-dealkylation sites (tertiary alicyclic amines) is 1. The van der Waals surface area contributed by atoms with Crippen molar-refractivity contribution >= 4 is 11.4 Å². The van der Waals surface area contributed by atoms with Crippen LogP contribution in [0, 0.1) is 5.92 Å². The van der Waals surface area contributed by atoms with Gasteiger partial charge in [-0.05, 0) is 38.4 Å². The highest BCUT2D eigenvalue weighted by atomic mass is 15.1. The largest absolute Gasteiger partial charge is 0.387 e. The van der Waals surface area contributed by atoms with Gasteiger partial charge in [-0.1, -0.05) is 0 Å². The lowest BCUT2D eigenvalue weighted by atomic mass is 9.98. The zero-order chi connectivity index (χ0) is 12.1. The van der Waals surface area contributed by atoms with E-state index >= 15 is 0 Å². The number of nitrogens with zero attached hydrogens (tertiary/aromatic N) is 2. The van der Waals surface area contributed by atoms with Crippen LogP contribution in [-0.2, 0) is 0 Å². The predicted molar refractivity (Wildman–Crippen MR) is 72.5 cm³/mol. The molecule has 0 bridgehead atoms. The molecule has 0 aromatic carbocycles. The second-order valence-corrected chi connectivity index (χ2v) is 4.86. The summed E-state index contributed by atoms with van der Waals surface area (Å²) in [6, 6.07) is 2.10. The summed E-state index contributed by atoms with van der Waals surface area (Å²) in [5, 5.41) is 6.58. The molecule has 0 amide bonds. The van der Waals surface area contributed by atoms with E-state index in [1.807, 2.05) is 19.4 Å².